The summed E-state index contributed by atoms with van der Waals surface area (Å²) in [5.74, 6) is 1.14. The smallest absolute Gasteiger partial charge is 0.123 e. The van der Waals surface area contributed by atoms with Crippen molar-refractivity contribution in [2.75, 3.05) is 13.1 Å². The maximum absolute atomic E-state index is 13.3. The molecule has 1 saturated heterocycles. The molecular weight excluding hydrogens is 374 g/mol. The number of nitrogens with zero attached hydrogens (tertiary/aromatic N) is 2. The Kier molecular flexibility index (Phi) is 7.14. The Labute approximate surface area is 164 Å². The highest BCUT2D eigenvalue weighted by Crippen LogP contribution is 2.33. The van der Waals surface area contributed by atoms with Gasteiger partial charge in [0.25, 0.3) is 0 Å². The predicted octanol–water partition coefficient (Wildman–Crippen LogP) is 4.59. The fraction of sp³-hybridized carbons (Fsp3) is 0.263. The molecule has 4 nitrogen and oxygen atoms in total. The van der Waals surface area contributed by atoms with E-state index < -0.39 is 0 Å². The van der Waals surface area contributed by atoms with E-state index in [1.54, 1.807) is 24.5 Å². The molecular formula is C19H21Cl2FN4. The second-order valence-electron chi connectivity index (χ2n) is 6.13. The number of imidazole rings is 1. The zero-order chi connectivity index (χ0) is 16.4. The number of H-pyrrole nitrogens is 1. The van der Waals surface area contributed by atoms with Gasteiger partial charge in [-0.15, -0.1) is 24.8 Å². The quantitative estimate of drug-likeness (QED) is 0.682. The first-order valence-corrected chi connectivity index (χ1v) is 8.28. The lowest BCUT2D eigenvalue weighted by Gasteiger charge is -2.20. The van der Waals surface area contributed by atoms with Crippen molar-refractivity contribution in [3.05, 3.63) is 60.4 Å². The van der Waals surface area contributed by atoms with Gasteiger partial charge in [0, 0.05) is 36.0 Å². The Morgan fingerprint density at radius 1 is 0.962 bits per heavy atom. The molecule has 0 saturated carbocycles. The number of nitrogens with one attached hydrogen (secondary N) is 2. The highest BCUT2D eigenvalue weighted by molar-refractivity contribution is 5.85. The largest absolute Gasteiger partial charge is 0.341 e. The van der Waals surface area contributed by atoms with E-state index in [1.165, 1.54) is 12.1 Å². The van der Waals surface area contributed by atoms with E-state index in [4.69, 9.17) is 4.98 Å². The first kappa shape index (κ1) is 20.4. The fourth-order valence-corrected chi connectivity index (χ4v) is 3.21. The molecule has 3 heterocycles. The van der Waals surface area contributed by atoms with Crippen LogP contribution in [0.2, 0.25) is 0 Å². The minimum Gasteiger partial charge on any atom is -0.341 e. The van der Waals surface area contributed by atoms with E-state index in [2.05, 4.69) is 15.3 Å². The van der Waals surface area contributed by atoms with Crippen molar-refractivity contribution < 1.29 is 4.39 Å². The predicted molar refractivity (Wildman–Crippen MR) is 107 cm³/mol. The fourth-order valence-electron chi connectivity index (χ4n) is 3.21. The minimum absolute atomic E-state index is 0. The molecule has 1 aliphatic heterocycles. The third-order valence-electron chi connectivity index (χ3n) is 4.49. The van der Waals surface area contributed by atoms with Crippen LogP contribution in [0, 0.1) is 5.82 Å². The monoisotopic (exact) mass is 394 g/mol. The SMILES string of the molecule is Cl.Cl.Fc1ccc(-c2nc(C3CCCNC3)[nH]c2-c2ccncc2)cc1. The average Bonchev–Trinajstić information content (AvgIpc) is 3.09. The van der Waals surface area contributed by atoms with E-state index in [9.17, 15) is 4.39 Å². The number of halogens is 3. The molecule has 4 rings (SSSR count). The van der Waals surface area contributed by atoms with Crippen molar-refractivity contribution in [3.8, 4) is 22.5 Å². The van der Waals surface area contributed by atoms with Gasteiger partial charge in [-0.3, -0.25) is 4.98 Å². The summed E-state index contributed by atoms with van der Waals surface area (Å²) in [6.07, 6.45) is 5.82. The van der Waals surface area contributed by atoms with Gasteiger partial charge in [-0.05, 0) is 55.8 Å². The summed E-state index contributed by atoms with van der Waals surface area (Å²) in [5, 5.41) is 3.43. The van der Waals surface area contributed by atoms with Crippen molar-refractivity contribution in [3.63, 3.8) is 0 Å². The summed E-state index contributed by atoms with van der Waals surface area (Å²) in [4.78, 5) is 12.5. The molecule has 1 fully saturated rings. The molecule has 0 radical (unpaired) electrons. The molecule has 26 heavy (non-hydrogen) atoms. The van der Waals surface area contributed by atoms with Gasteiger partial charge in [-0.1, -0.05) is 0 Å². The van der Waals surface area contributed by atoms with Crippen molar-refractivity contribution in [1.29, 1.82) is 0 Å². The molecule has 7 heteroatoms. The number of aromatic amines is 1. The number of benzene rings is 1. The van der Waals surface area contributed by atoms with E-state index >= 15 is 0 Å². The molecule has 0 spiro atoms. The van der Waals surface area contributed by atoms with Crippen molar-refractivity contribution in [2.45, 2.75) is 18.8 Å². The Balaban J connectivity index is 0.00000121. The first-order chi connectivity index (χ1) is 11.8. The Morgan fingerprint density at radius 2 is 1.69 bits per heavy atom. The molecule has 3 aromatic rings. The Morgan fingerprint density at radius 3 is 2.35 bits per heavy atom. The van der Waals surface area contributed by atoms with Crippen LogP contribution in [0.15, 0.2) is 48.8 Å². The number of hydrogen-bond acceptors (Lipinski definition) is 3. The van der Waals surface area contributed by atoms with Crippen LogP contribution >= 0.6 is 24.8 Å². The summed E-state index contributed by atoms with van der Waals surface area (Å²) in [5.41, 5.74) is 3.77. The lowest BCUT2D eigenvalue weighted by molar-refractivity contribution is 0.449. The number of pyridine rings is 1. The van der Waals surface area contributed by atoms with Gasteiger partial charge >= 0.3 is 0 Å². The number of aromatic nitrogens is 3. The molecule has 2 N–H and O–H groups in total. The molecule has 0 aliphatic carbocycles. The van der Waals surface area contributed by atoms with Crippen LogP contribution in [0.25, 0.3) is 22.5 Å². The second-order valence-corrected chi connectivity index (χ2v) is 6.13. The molecule has 0 bridgehead atoms. The molecule has 1 unspecified atom stereocenters. The molecule has 1 aromatic carbocycles. The second kappa shape index (κ2) is 9.12. The summed E-state index contributed by atoms with van der Waals surface area (Å²) < 4.78 is 13.3. The van der Waals surface area contributed by atoms with Crippen molar-refractivity contribution in [1.82, 2.24) is 20.3 Å². The van der Waals surface area contributed by atoms with Crippen LogP contribution in [0.4, 0.5) is 4.39 Å². The summed E-state index contributed by atoms with van der Waals surface area (Å²) in [6, 6.07) is 10.4. The highest BCUT2D eigenvalue weighted by atomic mass is 35.5. The van der Waals surface area contributed by atoms with Crippen molar-refractivity contribution >= 4 is 24.8 Å². The Bertz CT molecular complexity index is 815. The van der Waals surface area contributed by atoms with Gasteiger partial charge in [0.15, 0.2) is 0 Å². The third kappa shape index (κ3) is 4.23. The standard InChI is InChI=1S/C19H19FN4.2ClH/c20-16-5-3-13(4-6-16)17-18(14-7-10-21-11-8-14)24-19(23-17)15-2-1-9-22-12-15;;/h3-8,10-11,15,22H,1-2,9,12H2,(H,23,24);2*1H. The van der Waals surface area contributed by atoms with Crippen molar-refractivity contribution in [2.24, 2.45) is 0 Å². The van der Waals surface area contributed by atoms with E-state index in [1.807, 2.05) is 12.1 Å². The first-order valence-electron chi connectivity index (χ1n) is 8.28. The normalized spacial score (nSPS) is 16.4. The van der Waals surface area contributed by atoms with E-state index in [0.717, 1.165) is 54.3 Å². The molecule has 2 aromatic heterocycles. The van der Waals surface area contributed by atoms with Gasteiger partial charge in [0.2, 0.25) is 0 Å². The third-order valence-corrected chi connectivity index (χ3v) is 4.49. The summed E-state index contributed by atoms with van der Waals surface area (Å²) in [7, 11) is 0. The van der Waals surface area contributed by atoms with Crippen LogP contribution in [0.3, 0.4) is 0 Å². The van der Waals surface area contributed by atoms with Gasteiger partial charge in [0.05, 0.1) is 11.4 Å². The lowest BCUT2D eigenvalue weighted by atomic mass is 9.99. The van der Waals surface area contributed by atoms with Crippen LogP contribution in [-0.2, 0) is 0 Å². The van der Waals surface area contributed by atoms with Crippen LogP contribution < -0.4 is 5.32 Å². The van der Waals surface area contributed by atoms with Crippen LogP contribution in [0.1, 0.15) is 24.6 Å². The average molecular weight is 395 g/mol. The van der Waals surface area contributed by atoms with E-state index in [0.29, 0.717) is 5.92 Å². The maximum Gasteiger partial charge on any atom is 0.123 e. The van der Waals surface area contributed by atoms with Crippen LogP contribution in [-0.4, -0.2) is 28.0 Å². The molecule has 138 valence electrons. The molecule has 1 atom stereocenters. The highest BCUT2D eigenvalue weighted by Gasteiger charge is 2.22. The lowest BCUT2D eigenvalue weighted by Crippen LogP contribution is -2.28. The van der Waals surface area contributed by atoms with Gasteiger partial charge in [-0.2, -0.15) is 0 Å². The van der Waals surface area contributed by atoms with Gasteiger partial charge in [0.1, 0.15) is 11.6 Å². The van der Waals surface area contributed by atoms with Gasteiger partial charge in [-0.25, -0.2) is 9.37 Å². The van der Waals surface area contributed by atoms with Gasteiger partial charge < -0.3 is 10.3 Å². The zero-order valence-electron chi connectivity index (χ0n) is 14.1. The number of hydrogen-bond donors (Lipinski definition) is 2. The molecule has 1 aliphatic rings. The minimum atomic E-state index is -0.239. The zero-order valence-corrected chi connectivity index (χ0v) is 15.7. The number of piperidine rings is 1. The summed E-state index contributed by atoms with van der Waals surface area (Å²) >= 11 is 0. The van der Waals surface area contributed by atoms with Crippen LogP contribution in [0.5, 0.6) is 0 Å². The topological polar surface area (TPSA) is 53.6 Å². The maximum atomic E-state index is 13.3. The Hall–Kier alpha value is -1.95. The number of rotatable bonds is 3. The summed E-state index contributed by atoms with van der Waals surface area (Å²) in [6.45, 7) is 2.01. The molecule has 0 amide bonds. The van der Waals surface area contributed by atoms with E-state index in [-0.39, 0.29) is 30.6 Å².